The molecule has 0 saturated heterocycles. The second kappa shape index (κ2) is 6.01. The van der Waals surface area contributed by atoms with Crippen molar-refractivity contribution in [2.75, 3.05) is 5.32 Å². The van der Waals surface area contributed by atoms with Gasteiger partial charge in [-0.05, 0) is 24.0 Å². The minimum absolute atomic E-state index is 0.243. The van der Waals surface area contributed by atoms with Gasteiger partial charge in [0.2, 0.25) is 0 Å². The van der Waals surface area contributed by atoms with E-state index in [2.05, 4.69) is 29.1 Å². The van der Waals surface area contributed by atoms with Crippen LogP contribution in [-0.2, 0) is 0 Å². The van der Waals surface area contributed by atoms with Crippen molar-refractivity contribution >= 4 is 23.2 Å². The molecule has 0 unspecified atom stereocenters. The number of aryl methyl sites for hydroxylation is 1. The van der Waals surface area contributed by atoms with Gasteiger partial charge in [0, 0.05) is 5.69 Å². The van der Waals surface area contributed by atoms with E-state index in [1.807, 2.05) is 25.1 Å². The minimum atomic E-state index is -0.287. The van der Waals surface area contributed by atoms with Gasteiger partial charge in [-0.25, -0.2) is 9.97 Å². The summed E-state index contributed by atoms with van der Waals surface area (Å²) in [5.41, 5.74) is 3.20. The minimum Gasteiger partial charge on any atom is -0.320 e. The lowest BCUT2D eigenvalue weighted by Crippen LogP contribution is -2.16. The molecule has 0 aliphatic rings. The van der Waals surface area contributed by atoms with Crippen molar-refractivity contribution in [3.8, 4) is 0 Å². The van der Waals surface area contributed by atoms with Crippen LogP contribution in [0.25, 0.3) is 0 Å². The van der Waals surface area contributed by atoms with Crippen LogP contribution >= 0.6 is 11.6 Å². The first kappa shape index (κ1) is 14.5. The molecule has 0 atom stereocenters. The van der Waals surface area contributed by atoms with Gasteiger partial charge in [-0.15, -0.1) is 0 Å². The van der Waals surface area contributed by atoms with E-state index >= 15 is 0 Å². The van der Waals surface area contributed by atoms with Crippen molar-refractivity contribution in [1.29, 1.82) is 0 Å². The Bertz CT molecular complexity index is 624. The second-order valence-electron chi connectivity index (χ2n) is 4.87. The predicted octanol–water partition coefficient (Wildman–Crippen LogP) is 3.81. The van der Waals surface area contributed by atoms with Crippen molar-refractivity contribution in [2.24, 2.45) is 0 Å². The molecular formula is C15H16ClN3O. The average Bonchev–Trinajstić information content (AvgIpc) is 2.41. The number of para-hydroxylation sites is 1. The third-order valence-electron chi connectivity index (χ3n) is 3.02. The first-order valence-electron chi connectivity index (χ1n) is 6.37. The van der Waals surface area contributed by atoms with E-state index in [4.69, 9.17) is 11.6 Å². The fourth-order valence-corrected chi connectivity index (χ4v) is 2.05. The van der Waals surface area contributed by atoms with Gasteiger partial charge in [-0.3, -0.25) is 4.79 Å². The molecule has 0 fully saturated rings. The molecule has 1 heterocycles. The highest BCUT2D eigenvalue weighted by atomic mass is 35.5. The maximum atomic E-state index is 12.2. The number of anilines is 1. The van der Waals surface area contributed by atoms with Gasteiger partial charge < -0.3 is 5.32 Å². The topological polar surface area (TPSA) is 54.9 Å². The van der Waals surface area contributed by atoms with Crippen LogP contribution in [0.2, 0.25) is 5.15 Å². The number of carbonyl (C=O) groups excluding carboxylic acids is 1. The summed E-state index contributed by atoms with van der Waals surface area (Å²) in [6.45, 7) is 6.15. The summed E-state index contributed by atoms with van der Waals surface area (Å²) in [4.78, 5) is 20.0. The Morgan fingerprint density at radius 2 is 2.00 bits per heavy atom. The summed E-state index contributed by atoms with van der Waals surface area (Å²) in [6.07, 6.45) is 2.72. The summed E-state index contributed by atoms with van der Waals surface area (Å²) in [7, 11) is 0. The highest BCUT2D eigenvalue weighted by Gasteiger charge is 2.14. The normalized spacial score (nSPS) is 10.7. The van der Waals surface area contributed by atoms with Crippen molar-refractivity contribution in [2.45, 2.75) is 26.7 Å². The monoisotopic (exact) mass is 289 g/mol. The molecule has 0 aliphatic heterocycles. The zero-order chi connectivity index (χ0) is 14.7. The van der Waals surface area contributed by atoms with Gasteiger partial charge in [-0.1, -0.05) is 43.6 Å². The zero-order valence-corrected chi connectivity index (χ0v) is 12.4. The van der Waals surface area contributed by atoms with Crippen molar-refractivity contribution in [3.05, 3.63) is 52.6 Å². The number of aromatic nitrogens is 2. The Balaban J connectivity index is 2.30. The van der Waals surface area contributed by atoms with Crippen molar-refractivity contribution < 1.29 is 4.79 Å². The molecule has 1 aromatic carbocycles. The van der Waals surface area contributed by atoms with E-state index in [-0.39, 0.29) is 16.8 Å². The molecule has 0 radical (unpaired) electrons. The molecule has 0 spiro atoms. The quantitative estimate of drug-likeness (QED) is 0.934. The molecule has 1 amide bonds. The largest absolute Gasteiger partial charge is 0.320 e. The lowest BCUT2D eigenvalue weighted by atomic mass is 9.98. The predicted molar refractivity (Wildman–Crippen MR) is 80.3 cm³/mol. The molecule has 1 aromatic heterocycles. The lowest BCUT2D eigenvalue weighted by molar-refractivity contribution is 0.102. The Morgan fingerprint density at radius 3 is 2.60 bits per heavy atom. The van der Waals surface area contributed by atoms with Gasteiger partial charge >= 0.3 is 0 Å². The lowest BCUT2D eigenvalue weighted by Gasteiger charge is -2.16. The van der Waals surface area contributed by atoms with E-state index < -0.39 is 0 Å². The van der Waals surface area contributed by atoms with E-state index in [1.165, 1.54) is 12.4 Å². The summed E-state index contributed by atoms with van der Waals surface area (Å²) >= 11 is 5.66. The van der Waals surface area contributed by atoms with Crippen LogP contribution in [0.3, 0.4) is 0 Å². The molecule has 4 nitrogen and oxygen atoms in total. The van der Waals surface area contributed by atoms with Crippen LogP contribution in [-0.4, -0.2) is 15.9 Å². The maximum Gasteiger partial charge on any atom is 0.275 e. The van der Waals surface area contributed by atoms with E-state index in [0.29, 0.717) is 5.92 Å². The summed E-state index contributed by atoms with van der Waals surface area (Å²) in [6, 6.07) is 5.97. The van der Waals surface area contributed by atoms with Crippen LogP contribution in [0.15, 0.2) is 30.6 Å². The SMILES string of the molecule is Cc1cccc(C(C)C)c1NC(=O)c1cnc(Cl)cn1. The smallest absolute Gasteiger partial charge is 0.275 e. The molecule has 0 aliphatic carbocycles. The summed E-state index contributed by atoms with van der Waals surface area (Å²) in [5.74, 6) is 0.0341. The first-order chi connectivity index (χ1) is 9.49. The summed E-state index contributed by atoms with van der Waals surface area (Å²) < 4.78 is 0. The van der Waals surface area contributed by atoms with Gasteiger partial charge in [0.25, 0.3) is 5.91 Å². The summed E-state index contributed by atoms with van der Waals surface area (Å²) in [5, 5.41) is 3.18. The van der Waals surface area contributed by atoms with Gasteiger partial charge in [0.05, 0.1) is 12.4 Å². The fraction of sp³-hybridized carbons (Fsp3) is 0.267. The van der Waals surface area contributed by atoms with Crippen LogP contribution in [0.1, 0.15) is 41.4 Å². The Kier molecular flexibility index (Phi) is 4.35. The van der Waals surface area contributed by atoms with Crippen LogP contribution in [0, 0.1) is 6.92 Å². The van der Waals surface area contributed by atoms with E-state index in [9.17, 15) is 4.79 Å². The molecule has 104 valence electrons. The van der Waals surface area contributed by atoms with E-state index in [1.54, 1.807) is 0 Å². The fourth-order valence-electron chi connectivity index (χ4n) is 1.95. The second-order valence-corrected chi connectivity index (χ2v) is 5.26. The van der Waals surface area contributed by atoms with Gasteiger partial charge in [-0.2, -0.15) is 0 Å². The molecule has 0 bridgehead atoms. The number of nitrogens with one attached hydrogen (secondary N) is 1. The van der Waals surface area contributed by atoms with Crippen LogP contribution < -0.4 is 5.32 Å². The van der Waals surface area contributed by atoms with Crippen LogP contribution in [0.5, 0.6) is 0 Å². The maximum absolute atomic E-state index is 12.2. The number of hydrogen-bond donors (Lipinski definition) is 1. The number of hydrogen-bond acceptors (Lipinski definition) is 3. The Hall–Kier alpha value is -1.94. The molecule has 1 N–H and O–H groups in total. The Morgan fingerprint density at radius 1 is 1.25 bits per heavy atom. The number of benzene rings is 1. The molecule has 5 heteroatoms. The van der Waals surface area contributed by atoms with Crippen molar-refractivity contribution in [3.63, 3.8) is 0 Å². The first-order valence-corrected chi connectivity index (χ1v) is 6.75. The van der Waals surface area contributed by atoms with Crippen LogP contribution in [0.4, 0.5) is 5.69 Å². The molecule has 2 aromatic rings. The number of amides is 1. The highest BCUT2D eigenvalue weighted by molar-refractivity contribution is 6.29. The molecular weight excluding hydrogens is 274 g/mol. The molecule has 20 heavy (non-hydrogen) atoms. The Labute approximate surface area is 123 Å². The number of carbonyl (C=O) groups is 1. The standard InChI is InChI=1S/C15H16ClN3O/c1-9(2)11-6-4-5-10(3)14(11)19-15(20)12-7-18-13(16)8-17-12/h4-9H,1-3H3,(H,19,20). The number of nitrogens with zero attached hydrogens (tertiary/aromatic N) is 2. The molecule has 2 rings (SSSR count). The molecule has 0 saturated carbocycles. The van der Waals surface area contributed by atoms with Gasteiger partial charge in [0.15, 0.2) is 0 Å². The zero-order valence-electron chi connectivity index (χ0n) is 11.6. The highest BCUT2D eigenvalue weighted by Crippen LogP contribution is 2.27. The van der Waals surface area contributed by atoms with Gasteiger partial charge in [0.1, 0.15) is 10.8 Å². The number of rotatable bonds is 3. The van der Waals surface area contributed by atoms with Crippen molar-refractivity contribution in [1.82, 2.24) is 9.97 Å². The number of halogens is 1. The van der Waals surface area contributed by atoms with E-state index in [0.717, 1.165) is 16.8 Å². The average molecular weight is 290 g/mol. The third kappa shape index (κ3) is 3.14. The third-order valence-corrected chi connectivity index (χ3v) is 3.21.